The van der Waals surface area contributed by atoms with Crippen molar-refractivity contribution in [2.75, 3.05) is 13.2 Å². The Morgan fingerprint density at radius 3 is 2.18 bits per heavy atom. The molecule has 3 aromatic rings. The highest BCUT2D eigenvalue weighted by molar-refractivity contribution is 5.92. The van der Waals surface area contributed by atoms with Crippen molar-refractivity contribution in [2.24, 2.45) is 5.41 Å². The number of halogens is 2. The molecule has 1 fully saturated rings. The van der Waals surface area contributed by atoms with Crippen LogP contribution in [0.2, 0.25) is 0 Å². The Morgan fingerprint density at radius 1 is 0.933 bits per heavy atom. The number of likely N-dealkylation sites (tertiary alicyclic amines) is 1. The number of carbonyl (C=O) groups excluding carboxylic acids is 3. The van der Waals surface area contributed by atoms with Crippen molar-refractivity contribution in [3.63, 3.8) is 0 Å². The van der Waals surface area contributed by atoms with E-state index >= 15 is 8.78 Å². The van der Waals surface area contributed by atoms with Crippen LogP contribution in [0.25, 0.3) is 0 Å². The Kier molecular flexibility index (Phi) is 10.3. The number of nitrogens with one attached hydrogen (secondary N) is 2. The Morgan fingerprint density at radius 2 is 1.53 bits per heavy atom. The van der Waals surface area contributed by atoms with Gasteiger partial charge in [0.1, 0.15) is 11.8 Å². The first kappa shape index (κ1) is 33.6. The molecule has 0 unspecified atom stereocenters. The molecule has 3 amide bonds. The summed E-state index contributed by atoms with van der Waals surface area (Å²) in [4.78, 5) is 41.1. The monoisotopic (exact) mass is 621 g/mol. The maximum Gasteiger partial charge on any atom is 0.272 e. The first-order valence-corrected chi connectivity index (χ1v) is 14.9. The van der Waals surface area contributed by atoms with Gasteiger partial charge < -0.3 is 25.4 Å². The number of rotatable bonds is 11. The standard InChI is InChI=1S/C35H41F2N3O5/c1-22-12-9-10-17-26(22)19-38-32(43)31-34(4,5)35(36,37)21-40(31)33(44)29(42)27(18-25-15-7-6-8-16-25)39-28(41)20-45-30-23(2)13-11-14-24(30)3/h6-17,27,29,31,42H,18-21H2,1-5H3,(H,38,43)(H,39,41)/t27-,29-,31+/m0/s1. The van der Waals surface area contributed by atoms with Crippen LogP contribution in [0.3, 0.4) is 0 Å². The van der Waals surface area contributed by atoms with Gasteiger partial charge in [0.15, 0.2) is 12.7 Å². The van der Waals surface area contributed by atoms with Gasteiger partial charge in [-0.25, -0.2) is 8.78 Å². The quantitative estimate of drug-likeness (QED) is 0.297. The van der Waals surface area contributed by atoms with E-state index in [1.807, 2.05) is 63.2 Å². The molecule has 1 saturated heterocycles. The highest BCUT2D eigenvalue weighted by atomic mass is 19.3. The minimum absolute atomic E-state index is 0.0284. The molecule has 3 N–H and O–H groups in total. The Bertz CT molecular complexity index is 1510. The van der Waals surface area contributed by atoms with E-state index in [1.54, 1.807) is 30.3 Å². The molecule has 3 aromatic carbocycles. The highest BCUT2D eigenvalue weighted by Gasteiger charge is 2.64. The predicted octanol–water partition coefficient (Wildman–Crippen LogP) is 4.27. The van der Waals surface area contributed by atoms with Crippen LogP contribution < -0.4 is 15.4 Å². The third-order valence-corrected chi connectivity index (χ3v) is 8.59. The van der Waals surface area contributed by atoms with Gasteiger partial charge >= 0.3 is 0 Å². The second kappa shape index (κ2) is 13.8. The summed E-state index contributed by atoms with van der Waals surface area (Å²) in [5.74, 6) is -5.32. The SMILES string of the molecule is Cc1ccccc1CNC(=O)[C@H]1N(C(=O)[C@@H](O)[C@H](Cc2ccccc2)NC(=O)COc2c(C)cccc2C)CC(F)(F)C1(C)C. The second-order valence-electron chi connectivity index (χ2n) is 12.3. The smallest absolute Gasteiger partial charge is 0.272 e. The van der Waals surface area contributed by atoms with Crippen LogP contribution in [0, 0.1) is 26.2 Å². The zero-order valence-electron chi connectivity index (χ0n) is 26.3. The minimum Gasteiger partial charge on any atom is -0.483 e. The van der Waals surface area contributed by atoms with Gasteiger partial charge in [-0.3, -0.25) is 14.4 Å². The molecule has 1 heterocycles. The van der Waals surface area contributed by atoms with Gasteiger partial charge in [-0.2, -0.15) is 0 Å². The molecule has 45 heavy (non-hydrogen) atoms. The molecular formula is C35H41F2N3O5. The minimum atomic E-state index is -3.43. The van der Waals surface area contributed by atoms with Gasteiger partial charge in [0, 0.05) is 6.54 Å². The molecular weight excluding hydrogens is 580 g/mol. The van der Waals surface area contributed by atoms with Crippen LogP contribution in [0.5, 0.6) is 5.75 Å². The first-order chi connectivity index (χ1) is 21.2. The molecule has 4 rings (SSSR count). The third kappa shape index (κ3) is 7.50. The summed E-state index contributed by atoms with van der Waals surface area (Å²) >= 11 is 0. The summed E-state index contributed by atoms with van der Waals surface area (Å²) in [6, 6.07) is 19.0. The molecule has 10 heteroatoms. The van der Waals surface area contributed by atoms with Crippen LogP contribution in [0.15, 0.2) is 72.8 Å². The summed E-state index contributed by atoms with van der Waals surface area (Å²) in [7, 11) is 0. The number of hydrogen-bond donors (Lipinski definition) is 3. The molecule has 1 aliphatic rings. The predicted molar refractivity (Wildman–Crippen MR) is 167 cm³/mol. The molecule has 0 spiro atoms. The van der Waals surface area contributed by atoms with E-state index in [2.05, 4.69) is 10.6 Å². The number of ether oxygens (including phenoxy) is 1. The van der Waals surface area contributed by atoms with Crippen molar-refractivity contribution in [3.8, 4) is 5.75 Å². The number of benzene rings is 3. The number of carbonyl (C=O) groups is 3. The molecule has 0 aliphatic carbocycles. The van der Waals surface area contributed by atoms with Gasteiger partial charge in [-0.05, 0) is 55.0 Å². The van der Waals surface area contributed by atoms with E-state index in [4.69, 9.17) is 4.74 Å². The zero-order chi connectivity index (χ0) is 32.9. The number of aliphatic hydroxyl groups excluding tert-OH is 1. The average Bonchev–Trinajstić information content (AvgIpc) is 3.19. The van der Waals surface area contributed by atoms with Gasteiger partial charge in [0.2, 0.25) is 5.91 Å². The molecule has 0 radical (unpaired) electrons. The zero-order valence-corrected chi connectivity index (χ0v) is 26.3. The van der Waals surface area contributed by atoms with Crippen LogP contribution in [0.4, 0.5) is 8.78 Å². The maximum atomic E-state index is 15.4. The van der Waals surface area contributed by atoms with E-state index in [-0.39, 0.29) is 13.0 Å². The summed E-state index contributed by atoms with van der Waals surface area (Å²) in [5, 5.41) is 16.8. The van der Waals surface area contributed by atoms with E-state index in [0.29, 0.717) is 11.3 Å². The van der Waals surface area contributed by atoms with Crippen LogP contribution in [0.1, 0.15) is 41.7 Å². The number of alkyl halides is 2. The molecule has 0 saturated carbocycles. The highest BCUT2D eigenvalue weighted by Crippen LogP contribution is 2.48. The van der Waals surface area contributed by atoms with Crippen molar-refractivity contribution in [3.05, 3.63) is 101 Å². The first-order valence-electron chi connectivity index (χ1n) is 14.9. The van der Waals surface area contributed by atoms with Crippen LogP contribution >= 0.6 is 0 Å². The summed E-state index contributed by atoms with van der Waals surface area (Å²) in [6.07, 6.45) is -1.90. The van der Waals surface area contributed by atoms with Gasteiger partial charge in [-0.15, -0.1) is 0 Å². The normalized spacial score (nSPS) is 18.1. The number of aliphatic hydroxyl groups is 1. The van der Waals surface area contributed by atoms with Crippen LogP contribution in [-0.2, 0) is 27.3 Å². The number of amides is 3. The molecule has 3 atom stereocenters. The lowest BCUT2D eigenvalue weighted by molar-refractivity contribution is -0.148. The molecule has 8 nitrogen and oxygen atoms in total. The largest absolute Gasteiger partial charge is 0.483 e. The Labute approximate surface area is 262 Å². The fourth-order valence-electron chi connectivity index (χ4n) is 5.73. The lowest BCUT2D eigenvalue weighted by Crippen LogP contribution is -2.58. The topological polar surface area (TPSA) is 108 Å². The van der Waals surface area contributed by atoms with Crippen molar-refractivity contribution in [1.29, 1.82) is 0 Å². The van der Waals surface area contributed by atoms with Crippen molar-refractivity contribution < 1.29 is 33.0 Å². The number of hydrogen-bond acceptors (Lipinski definition) is 5. The summed E-state index contributed by atoms with van der Waals surface area (Å²) < 4.78 is 36.5. The van der Waals surface area contributed by atoms with Gasteiger partial charge in [-0.1, -0.05) is 86.6 Å². The number of aryl methyl sites for hydroxylation is 3. The molecule has 1 aliphatic heterocycles. The van der Waals surface area contributed by atoms with E-state index in [9.17, 15) is 19.5 Å². The van der Waals surface area contributed by atoms with Crippen molar-refractivity contribution >= 4 is 17.7 Å². The maximum absolute atomic E-state index is 15.4. The fraction of sp³-hybridized carbons (Fsp3) is 0.400. The fourth-order valence-corrected chi connectivity index (χ4v) is 5.73. The van der Waals surface area contributed by atoms with Crippen molar-refractivity contribution in [2.45, 2.75) is 71.7 Å². The third-order valence-electron chi connectivity index (χ3n) is 8.59. The van der Waals surface area contributed by atoms with E-state index in [1.165, 1.54) is 13.8 Å². The van der Waals surface area contributed by atoms with E-state index < -0.39 is 60.4 Å². The molecule has 240 valence electrons. The van der Waals surface area contributed by atoms with E-state index in [0.717, 1.165) is 27.2 Å². The summed E-state index contributed by atoms with van der Waals surface area (Å²) in [6.45, 7) is 6.68. The second-order valence-corrected chi connectivity index (χ2v) is 12.3. The number of nitrogens with zero attached hydrogens (tertiary/aromatic N) is 1. The Balaban J connectivity index is 1.55. The molecule has 0 bridgehead atoms. The van der Waals surface area contributed by atoms with Gasteiger partial charge in [0.05, 0.1) is 18.0 Å². The number of para-hydroxylation sites is 1. The lowest BCUT2D eigenvalue weighted by atomic mass is 9.81. The van der Waals surface area contributed by atoms with Crippen molar-refractivity contribution in [1.82, 2.24) is 15.5 Å². The summed E-state index contributed by atoms with van der Waals surface area (Å²) in [5.41, 5.74) is 2.16. The Hall–Kier alpha value is -4.31. The average molecular weight is 622 g/mol. The lowest BCUT2D eigenvalue weighted by Gasteiger charge is -2.34. The van der Waals surface area contributed by atoms with Crippen LogP contribution in [-0.4, -0.2) is 65.0 Å². The van der Waals surface area contributed by atoms with Gasteiger partial charge in [0.25, 0.3) is 17.7 Å². The molecule has 0 aromatic heterocycles.